The molecule has 1 aliphatic heterocycles. The number of halogens is 1. The first-order valence-corrected chi connectivity index (χ1v) is 11.9. The summed E-state index contributed by atoms with van der Waals surface area (Å²) in [4.78, 5) is 4.48. The summed E-state index contributed by atoms with van der Waals surface area (Å²) in [6.07, 6.45) is 5.54. The van der Waals surface area contributed by atoms with Gasteiger partial charge in [-0.1, -0.05) is 6.07 Å². The lowest BCUT2D eigenvalue weighted by Gasteiger charge is -2.36. The van der Waals surface area contributed by atoms with Gasteiger partial charge in [-0.05, 0) is 71.8 Å². The van der Waals surface area contributed by atoms with E-state index in [0.717, 1.165) is 30.5 Å². The lowest BCUT2D eigenvalue weighted by molar-refractivity contribution is -1.03. The Balaban J connectivity index is 1.41. The fourth-order valence-electron chi connectivity index (χ4n) is 5.23. The average molecular weight is 429 g/mol. The largest absolute Gasteiger partial charge is 0.323 e. The molecule has 6 nitrogen and oxygen atoms in total. The maximum Gasteiger partial charge on any atom is 0.214 e. The van der Waals surface area contributed by atoms with E-state index in [4.69, 9.17) is 0 Å². The van der Waals surface area contributed by atoms with Crippen molar-refractivity contribution in [3.05, 3.63) is 63.9 Å². The molecule has 2 aromatic heterocycles. The van der Waals surface area contributed by atoms with Crippen LogP contribution in [0.5, 0.6) is 0 Å². The van der Waals surface area contributed by atoms with Gasteiger partial charge in [0, 0.05) is 10.4 Å². The van der Waals surface area contributed by atoms with Gasteiger partial charge < -0.3 is 9.80 Å². The Labute approximate surface area is 180 Å². The summed E-state index contributed by atoms with van der Waals surface area (Å²) in [5.41, 5.74) is 1.08. The second kappa shape index (κ2) is 8.91. The molecule has 0 radical (unpaired) electrons. The Kier molecular flexibility index (Phi) is 5.88. The number of benzene rings is 1. The molecule has 5 rings (SSSR count). The SMILES string of the molecule is Fc1ccc([C@H](c2nnnn2Cc2cccs2)[NH+]2CC[NH+](C3CCCC3)CC2)cc1. The highest BCUT2D eigenvalue weighted by Crippen LogP contribution is 2.20. The van der Waals surface area contributed by atoms with Crippen LogP contribution in [-0.4, -0.2) is 52.4 Å². The van der Waals surface area contributed by atoms with Crippen molar-refractivity contribution < 1.29 is 14.2 Å². The molecule has 0 amide bonds. The van der Waals surface area contributed by atoms with E-state index in [2.05, 4.69) is 33.0 Å². The van der Waals surface area contributed by atoms with E-state index in [-0.39, 0.29) is 11.9 Å². The number of rotatable bonds is 6. The average Bonchev–Trinajstić information content (AvgIpc) is 3.54. The quantitative estimate of drug-likeness (QED) is 0.609. The highest BCUT2D eigenvalue weighted by molar-refractivity contribution is 7.09. The maximum absolute atomic E-state index is 13.6. The Morgan fingerprint density at radius 2 is 1.83 bits per heavy atom. The zero-order chi connectivity index (χ0) is 20.3. The topological polar surface area (TPSA) is 52.5 Å². The van der Waals surface area contributed by atoms with Crippen LogP contribution in [0.4, 0.5) is 4.39 Å². The molecule has 1 aromatic carbocycles. The summed E-state index contributed by atoms with van der Waals surface area (Å²) in [6, 6.07) is 11.9. The minimum Gasteiger partial charge on any atom is -0.323 e. The Bertz CT molecular complexity index is 927. The number of hydrogen-bond donors (Lipinski definition) is 2. The fourth-order valence-corrected chi connectivity index (χ4v) is 5.91. The van der Waals surface area contributed by atoms with Gasteiger partial charge in [0.25, 0.3) is 0 Å². The molecular weight excluding hydrogens is 399 g/mol. The highest BCUT2D eigenvalue weighted by atomic mass is 32.1. The van der Waals surface area contributed by atoms with E-state index >= 15 is 0 Å². The van der Waals surface area contributed by atoms with Crippen LogP contribution in [0.15, 0.2) is 41.8 Å². The predicted octanol–water partition coefficient (Wildman–Crippen LogP) is 0.737. The lowest BCUT2D eigenvalue weighted by Crippen LogP contribution is -3.29. The number of tetrazole rings is 1. The second-order valence-corrected chi connectivity index (χ2v) is 9.59. The minimum absolute atomic E-state index is 0.0192. The van der Waals surface area contributed by atoms with E-state index in [1.54, 1.807) is 28.4 Å². The van der Waals surface area contributed by atoms with Gasteiger partial charge in [-0.3, -0.25) is 0 Å². The van der Waals surface area contributed by atoms with Gasteiger partial charge in [0.2, 0.25) is 5.82 Å². The van der Waals surface area contributed by atoms with Crippen LogP contribution in [0.25, 0.3) is 0 Å². The van der Waals surface area contributed by atoms with Crippen molar-refractivity contribution >= 4 is 11.3 Å². The zero-order valence-electron chi connectivity index (χ0n) is 17.1. The second-order valence-electron chi connectivity index (χ2n) is 8.56. The van der Waals surface area contributed by atoms with Crippen LogP contribution in [-0.2, 0) is 6.54 Å². The van der Waals surface area contributed by atoms with Gasteiger partial charge in [0.1, 0.15) is 32.0 Å². The van der Waals surface area contributed by atoms with Crippen molar-refractivity contribution in [2.24, 2.45) is 0 Å². The molecule has 3 aromatic rings. The van der Waals surface area contributed by atoms with Gasteiger partial charge in [-0.2, -0.15) is 0 Å². The molecule has 30 heavy (non-hydrogen) atoms. The van der Waals surface area contributed by atoms with Gasteiger partial charge in [-0.25, -0.2) is 9.07 Å². The summed E-state index contributed by atoms with van der Waals surface area (Å²) in [5.74, 6) is 0.662. The number of piperazine rings is 1. The van der Waals surface area contributed by atoms with Crippen molar-refractivity contribution in [2.75, 3.05) is 26.2 Å². The summed E-state index contributed by atoms with van der Waals surface area (Å²) in [6.45, 7) is 5.21. The number of nitrogens with zero attached hydrogens (tertiary/aromatic N) is 4. The van der Waals surface area contributed by atoms with E-state index in [9.17, 15) is 4.39 Å². The summed E-state index contributed by atoms with van der Waals surface area (Å²) >= 11 is 1.71. The number of thiophene rings is 1. The normalized spacial score (nSPS) is 23.6. The predicted molar refractivity (Wildman–Crippen MR) is 113 cm³/mol. The fraction of sp³-hybridized carbons (Fsp3) is 0.500. The molecule has 0 bridgehead atoms. The van der Waals surface area contributed by atoms with Gasteiger partial charge >= 0.3 is 0 Å². The van der Waals surface area contributed by atoms with E-state index in [0.29, 0.717) is 6.54 Å². The first kappa shape index (κ1) is 19.8. The molecule has 158 valence electrons. The van der Waals surface area contributed by atoms with Crippen molar-refractivity contribution in [1.82, 2.24) is 20.2 Å². The smallest absolute Gasteiger partial charge is 0.214 e. The third kappa shape index (κ3) is 4.17. The first-order chi connectivity index (χ1) is 14.8. The van der Waals surface area contributed by atoms with E-state index < -0.39 is 0 Å². The first-order valence-electron chi connectivity index (χ1n) is 11.0. The Morgan fingerprint density at radius 3 is 2.53 bits per heavy atom. The molecule has 2 fully saturated rings. The Hall–Kier alpha value is -2.16. The third-order valence-electron chi connectivity index (χ3n) is 6.78. The molecule has 3 heterocycles. The van der Waals surface area contributed by atoms with Crippen LogP contribution in [0, 0.1) is 5.82 Å². The van der Waals surface area contributed by atoms with Crippen LogP contribution >= 0.6 is 11.3 Å². The molecule has 1 saturated heterocycles. The number of nitrogens with one attached hydrogen (secondary N) is 2. The molecule has 0 spiro atoms. The summed E-state index contributed by atoms with van der Waals surface area (Å²) in [5, 5.41) is 14.8. The molecule has 0 unspecified atom stereocenters. The van der Waals surface area contributed by atoms with Crippen molar-refractivity contribution in [2.45, 2.75) is 44.3 Å². The van der Waals surface area contributed by atoms with Gasteiger partial charge in [0.05, 0.1) is 12.6 Å². The van der Waals surface area contributed by atoms with Crippen LogP contribution < -0.4 is 9.80 Å². The molecule has 2 aliphatic rings. The van der Waals surface area contributed by atoms with Crippen LogP contribution in [0.3, 0.4) is 0 Å². The third-order valence-corrected chi connectivity index (χ3v) is 7.64. The van der Waals surface area contributed by atoms with Crippen LogP contribution in [0.2, 0.25) is 0 Å². The van der Waals surface area contributed by atoms with Crippen LogP contribution in [0.1, 0.15) is 48.0 Å². The van der Waals surface area contributed by atoms with Gasteiger partial charge in [0.15, 0.2) is 6.04 Å². The molecular formula is C22H29FN6S+2. The molecule has 1 atom stereocenters. The van der Waals surface area contributed by atoms with E-state index in [1.165, 1.54) is 48.5 Å². The lowest BCUT2D eigenvalue weighted by atomic mass is 10.0. The van der Waals surface area contributed by atoms with Crippen molar-refractivity contribution in [3.8, 4) is 0 Å². The minimum atomic E-state index is -0.207. The van der Waals surface area contributed by atoms with E-state index in [1.807, 2.05) is 16.8 Å². The number of hydrogen-bond acceptors (Lipinski definition) is 4. The standard InChI is InChI=1S/C22H27FN6S/c23-18-9-7-17(8-10-18)21(22-24-25-26-29(22)16-20-6-3-15-30-20)28-13-11-27(12-14-28)19-4-1-2-5-19/h3,6-10,15,19,21H,1-2,4-5,11-14,16H2/p+2/t21-/m1/s1. The Morgan fingerprint density at radius 1 is 1.07 bits per heavy atom. The molecule has 1 saturated carbocycles. The molecule has 2 N–H and O–H groups in total. The monoisotopic (exact) mass is 428 g/mol. The zero-order valence-corrected chi connectivity index (χ0v) is 18.0. The van der Waals surface area contributed by atoms with Gasteiger partial charge in [-0.15, -0.1) is 16.4 Å². The highest BCUT2D eigenvalue weighted by Gasteiger charge is 2.38. The summed E-state index contributed by atoms with van der Waals surface area (Å²) in [7, 11) is 0. The number of aromatic nitrogens is 4. The molecule has 1 aliphatic carbocycles. The maximum atomic E-state index is 13.6. The summed E-state index contributed by atoms with van der Waals surface area (Å²) < 4.78 is 15.6. The van der Waals surface area contributed by atoms with Crippen molar-refractivity contribution in [3.63, 3.8) is 0 Å². The molecule has 8 heteroatoms. The van der Waals surface area contributed by atoms with Crippen molar-refractivity contribution in [1.29, 1.82) is 0 Å². The number of quaternary nitrogens is 2.